The number of ether oxygens (including phenoxy) is 1. The summed E-state index contributed by atoms with van der Waals surface area (Å²) < 4.78 is 5.39. The Morgan fingerprint density at radius 2 is 1.92 bits per heavy atom. The van der Waals surface area contributed by atoms with Gasteiger partial charge in [-0.2, -0.15) is 0 Å². The zero-order chi connectivity index (χ0) is 17.5. The zero-order valence-electron chi connectivity index (χ0n) is 13.0. The van der Waals surface area contributed by atoms with Crippen molar-refractivity contribution in [2.45, 2.75) is 6.92 Å². The van der Waals surface area contributed by atoms with Gasteiger partial charge in [0.25, 0.3) is 11.8 Å². The largest absolute Gasteiger partial charge is 0.484 e. The number of para-hydroxylation sites is 1. The highest BCUT2D eigenvalue weighted by molar-refractivity contribution is 7.80. The van der Waals surface area contributed by atoms with E-state index < -0.39 is 11.8 Å². The molecule has 2 rings (SSSR count). The molecule has 4 N–H and O–H groups in total. The number of aryl methyl sites for hydroxylation is 1. The monoisotopic (exact) mass is 343 g/mol. The number of carbonyl (C=O) groups excluding carboxylic acids is 2. The Kier molecular flexibility index (Phi) is 5.86. The molecule has 0 fully saturated rings. The lowest BCUT2D eigenvalue weighted by atomic mass is 10.1. The van der Waals surface area contributed by atoms with Gasteiger partial charge in [0, 0.05) is 0 Å². The second kappa shape index (κ2) is 8.07. The summed E-state index contributed by atoms with van der Waals surface area (Å²) in [6.07, 6.45) is 0. The number of anilines is 1. The van der Waals surface area contributed by atoms with Gasteiger partial charge in [-0.25, -0.2) is 0 Å². The fourth-order valence-corrected chi connectivity index (χ4v) is 2.20. The lowest BCUT2D eigenvalue weighted by Gasteiger charge is -2.12. The van der Waals surface area contributed by atoms with Crippen LogP contribution in [0.3, 0.4) is 0 Å². The summed E-state index contributed by atoms with van der Waals surface area (Å²) in [7, 11) is 0. The maximum Gasteiger partial charge on any atom is 0.264 e. The molecule has 124 valence electrons. The first-order valence-corrected chi connectivity index (χ1v) is 7.55. The van der Waals surface area contributed by atoms with Crippen LogP contribution in [0.5, 0.6) is 5.75 Å². The van der Waals surface area contributed by atoms with E-state index in [0.717, 1.165) is 5.56 Å². The molecule has 0 heterocycles. The Labute approximate surface area is 145 Å². The van der Waals surface area contributed by atoms with Gasteiger partial charge in [-0.15, -0.1) is 0 Å². The van der Waals surface area contributed by atoms with Gasteiger partial charge in [0.05, 0.1) is 11.3 Å². The van der Waals surface area contributed by atoms with Crippen LogP contribution in [0.4, 0.5) is 5.69 Å². The van der Waals surface area contributed by atoms with Crippen molar-refractivity contribution >= 4 is 34.8 Å². The highest BCUT2D eigenvalue weighted by Gasteiger charge is 2.10. The van der Waals surface area contributed by atoms with E-state index in [2.05, 4.69) is 10.6 Å². The lowest BCUT2D eigenvalue weighted by molar-refractivity contribution is -0.121. The number of rotatable bonds is 5. The van der Waals surface area contributed by atoms with Crippen LogP contribution in [0.15, 0.2) is 48.5 Å². The Balaban J connectivity index is 1.88. The summed E-state index contributed by atoms with van der Waals surface area (Å²) in [6.45, 7) is 1.75. The maximum atomic E-state index is 11.9. The summed E-state index contributed by atoms with van der Waals surface area (Å²) in [6, 6.07) is 14.0. The second-order valence-electron chi connectivity index (χ2n) is 5.02. The minimum Gasteiger partial charge on any atom is -0.484 e. The minimum absolute atomic E-state index is 0.0570. The molecule has 6 nitrogen and oxygen atoms in total. The minimum atomic E-state index is -0.588. The number of nitrogens with one attached hydrogen (secondary N) is 2. The summed E-state index contributed by atoms with van der Waals surface area (Å²) in [4.78, 5) is 23.2. The Bertz CT molecular complexity index is 777. The number of benzene rings is 2. The predicted molar refractivity (Wildman–Crippen MR) is 96.0 cm³/mol. The van der Waals surface area contributed by atoms with Crippen molar-refractivity contribution in [3.8, 4) is 5.75 Å². The first-order chi connectivity index (χ1) is 11.5. The van der Waals surface area contributed by atoms with E-state index in [1.807, 2.05) is 25.1 Å². The molecule has 0 aliphatic rings. The van der Waals surface area contributed by atoms with E-state index >= 15 is 0 Å². The molecular weight excluding hydrogens is 326 g/mol. The molecule has 0 atom stereocenters. The molecular formula is C17H17N3O3S. The normalized spacial score (nSPS) is 9.88. The number of hydrogen-bond acceptors (Lipinski definition) is 4. The topological polar surface area (TPSA) is 93.4 Å². The summed E-state index contributed by atoms with van der Waals surface area (Å²) in [5.41, 5.74) is 7.03. The van der Waals surface area contributed by atoms with Crippen molar-refractivity contribution in [2.75, 3.05) is 11.9 Å². The van der Waals surface area contributed by atoms with Crippen LogP contribution in [-0.2, 0) is 4.79 Å². The molecule has 2 aromatic carbocycles. The standard InChI is InChI=1S/C17H17N3O3S/c1-11-5-4-6-12(9-11)23-10-15(21)20-17(24)19-14-8-3-2-7-13(14)16(18)22/h2-9H,10H2,1H3,(H2,18,22)(H2,19,20,21,24). The molecule has 0 saturated carbocycles. The average Bonchev–Trinajstić information content (AvgIpc) is 2.53. The van der Waals surface area contributed by atoms with Crippen molar-refractivity contribution in [3.05, 3.63) is 59.7 Å². The van der Waals surface area contributed by atoms with Crippen molar-refractivity contribution in [3.63, 3.8) is 0 Å². The van der Waals surface area contributed by atoms with Crippen molar-refractivity contribution in [2.24, 2.45) is 5.73 Å². The van der Waals surface area contributed by atoms with Crippen LogP contribution in [0.1, 0.15) is 15.9 Å². The fraction of sp³-hybridized carbons (Fsp3) is 0.118. The lowest BCUT2D eigenvalue weighted by Crippen LogP contribution is -2.37. The summed E-state index contributed by atoms with van der Waals surface area (Å²) in [5.74, 6) is -0.399. The quantitative estimate of drug-likeness (QED) is 0.722. The van der Waals surface area contributed by atoms with Crippen LogP contribution in [0, 0.1) is 6.92 Å². The molecule has 2 amide bonds. The van der Waals surface area contributed by atoms with Crippen LogP contribution in [0.25, 0.3) is 0 Å². The van der Waals surface area contributed by atoms with Gasteiger partial charge < -0.3 is 15.8 Å². The summed E-state index contributed by atoms with van der Waals surface area (Å²) >= 11 is 5.06. The van der Waals surface area contributed by atoms with Crippen LogP contribution < -0.4 is 21.1 Å². The smallest absolute Gasteiger partial charge is 0.264 e. The van der Waals surface area contributed by atoms with Gasteiger partial charge in [-0.1, -0.05) is 24.3 Å². The molecule has 0 radical (unpaired) electrons. The molecule has 0 unspecified atom stereocenters. The third-order valence-electron chi connectivity index (χ3n) is 3.05. The van der Waals surface area contributed by atoms with E-state index in [-0.39, 0.29) is 17.3 Å². The van der Waals surface area contributed by atoms with Crippen molar-refractivity contribution < 1.29 is 14.3 Å². The maximum absolute atomic E-state index is 11.9. The van der Waals surface area contributed by atoms with Crippen LogP contribution in [-0.4, -0.2) is 23.5 Å². The first kappa shape index (κ1) is 17.4. The average molecular weight is 343 g/mol. The van der Waals surface area contributed by atoms with E-state index in [1.165, 1.54) is 0 Å². The van der Waals surface area contributed by atoms with Crippen molar-refractivity contribution in [1.29, 1.82) is 0 Å². The molecule has 0 saturated heterocycles. The Morgan fingerprint density at radius 3 is 2.62 bits per heavy atom. The van der Waals surface area contributed by atoms with E-state index in [0.29, 0.717) is 11.4 Å². The zero-order valence-corrected chi connectivity index (χ0v) is 13.9. The van der Waals surface area contributed by atoms with Crippen molar-refractivity contribution in [1.82, 2.24) is 5.32 Å². The van der Waals surface area contributed by atoms with Gasteiger partial charge in [0.1, 0.15) is 5.75 Å². The number of carbonyl (C=O) groups is 2. The number of nitrogens with two attached hydrogens (primary N) is 1. The highest BCUT2D eigenvalue weighted by Crippen LogP contribution is 2.14. The number of hydrogen-bond donors (Lipinski definition) is 3. The highest BCUT2D eigenvalue weighted by atomic mass is 32.1. The van der Waals surface area contributed by atoms with Crippen LogP contribution in [0.2, 0.25) is 0 Å². The van der Waals surface area contributed by atoms with Gasteiger partial charge >= 0.3 is 0 Å². The van der Waals surface area contributed by atoms with Crippen LogP contribution >= 0.6 is 12.2 Å². The fourth-order valence-electron chi connectivity index (χ4n) is 1.98. The SMILES string of the molecule is Cc1cccc(OCC(=O)NC(=S)Nc2ccccc2C(N)=O)c1. The van der Waals surface area contributed by atoms with Gasteiger partial charge in [0.2, 0.25) is 0 Å². The summed E-state index contributed by atoms with van der Waals surface area (Å²) in [5, 5.41) is 5.31. The van der Waals surface area contributed by atoms with E-state index in [9.17, 15) is 9.59 Å². The Hall–Kier alpha value is -2.93. The molecule has 24 heavy (non-hydrogen) atoms. The molecule has 0 bridgehead atoms. The molecule has 2 aromatic rings. The third kappa shape index (κ3) is 5.06. The van der Waals surface area contributed by atoms with Gasteiger partial charge in [0.15, 0.2) is 11.7 Å². The Morgan fingerprint density at radius 1 is 1.17 bits per heavy atom. The molecule has 0 aliphatic heterocycles. The number of amides is 2. The number of primary amides is 1. The number of thiocarbonyl (C=S) groups is 1. The molecule has 0 spiro atoms. The first-order valence-electron chi connectivity index (χ1n) is 7.15. The predicted octanol–water partition coefficient (Wildman–Crippen LogP) is 1.99. The second-order valence-corrected chi connectivity index (χ2v) is 5.43. The van der Waals surface area contributed by atoms with E-state index in [4.69, 9.17) is 22.7 Å². The van der Waals surface area contributed by atoms with Gasteiger partial charge in [-0.05, 0) is 49.0 Å². The molecule has 0 aliphatic carbocycles. The molecule has 7 heteroatoms. The molecule has 0 aromatic heterocycles. The van der Waals surface area contributed by atoms with E-state index in [1.54, 1.807) is 30.3 Å². The third-order valence-corrected chi connectivity index (χ3v) is 3.26. The van der Waals surface area contributed by atoms with Gasteiger partial charge in [-0.3, -0.25) is 14.9 Å².